The fraction of sp³-hybridized carbons (Fsp3) is 0.909. The number of ether oxygens (including phenoxy) is 1. The maximum atomic E-state index is 11.9. The van der Waals surface area contributed by atoms with E-state index in [9.17, 15) is 13.2 Å². The molecule has 1 atom stereocenters. The van der Waals surface area contributed by atoms with E-state index in [0.29, 0.717) is 13.0 Å². The second kappa shape index (κ2) is 5.05. The van der Waals surface area contributed by atoms with Crippen LogP contribution in [0.3, 0.4) is 0 Å². The molecule has 6 nitrogen and oxygen atoms in total. The highest BCUT2D eigenvalue weighted by Gasteiger charge is 2.37. The molecule has 0 radical (unpaired) electrons. The van der Waals surface area contributed by atoms with E-state index in [4.69, 9.17) is 4.74 Å². The number of likely N-dealkylation sites (tertiary alicyclic amines) is 1. The van der Waals surface area contributed by atoms with E-state index < -0.39 is 27.0 Å². The molecule has 0 saturated carbocycles. The number of carbonyl (C=O) groups excluding carboxylic acids is 1. The molecule has 1 fully saturated rings. The van der Waals surface area contributed by atoms with Crippen LogP contribution in [-0.2, 0) is 14.8 Å². The Balaban J connectivity index is 2.65. The van der Waals surface area contributed by atoms with E-state index in [1.54, 1.807) is 20.8 Å². The van der Waals surface area contributed by atoms with Gasteiger partial charge in [0.15, 0.2) is 0 Å². The largest absolute Gasteiger partial charge is 0.444 e. The Hall–Kier alpha value is -0.820. The number of amides is 1. The minimum atomic E-state index is -3.30. The van der Waals surface area contributed by atoms with Gasteiger partial charge in [-0.15, -0.1) is 0 Å². The zero-order valence-electron chi connectivity index (χ0n) is 11.6. The lowest BCUT2D eigenvalue weighted by Gasteiger charge is -2.24. The topological polar surface area (TPSA) is 66.9 Å². The van der Waals surface area contributed by atoms with Gasteiger partial charge in [-0.25, -0.2) is 17.5 Å². The van der Waals surface area contributed by atoms with Crippen molar-refractivity contribution in [2.24, 2.45) is 0 Å². The Kier molecular flexibility index (Phi) is 4.27. The molecule has 106 valence electrons. The molecular formula is C11H22N2O4S. The fourth-order valence-corrected chi connectivity index (χ4v) is 3.13. The van der Waals surface area contributed by atoms with Gasteiger partial charge in [-0.05, 0) is 27.2 Å². The van der Waals surface area contributed by atoms with E-state index in [0.717, 1.165) is 0 Å². The monoisotopic (exact) mass is 278 g/mol. The lowest BCUT2D eigenvalue weighted by atomic mass is 10.2. The van der Waals surface area contributed by atoms with Gasteiger partial charge in [-0.3, -0.25) is 0 Å². The van der Waals surface area contributed by atoms with Crippen LogP contribution in [0.2, 0.25) is 0 Å². The van der Waals surface area contributed by atoms with Gasteiger partial charge in [0.2, 0.25) is 10.0 Å². The predicted molar refractivity (Wildman–Crippen MR) is 68.8 cm³/mol. The predicted octanol–water partition coefficient (Wildman–Crippen LogP) is 0.887. The second-order valence-electron chi connectivity index (χ2n) is 5.66. The molecule has 0 N–H and O–H groups in total. The van der Waals surface area contributed by atoms with Crippen LogP contribution in [0.1, 0.15) is 27.2 Å². The van der Waals surface area contributed by atoms with Crippen molar-refractivity contribution in [2.45, 2.75) is 38.0 Å². The zero-order valence-corrected chi connectivity index (χ0v) is 12.5. The van der Waals surface area contributed by atoms with E-state index in [1.165, 1.54) is 23.3 Å². The maximum Gasteiger partial charge on any atom is 0.410 e. The molecule has 0 bridgehead atoms. The average Bonchev–Trinajstić information content (AvgIpc) is 2.63. The summed E-state index contributed by atoms with van der Waals surface area (Å²) in [6.45, 7) is 5.99. The van der Waals surface area contributed by atoms with Gasteiger partial charge in [0, 0.05) is 27.2 Å². The third-order valence-corrected chi connectivity index (χ3v) is 4.97. The molecule has 1 rings (SSSR count). The molecule has 7 heteroatoms. The quantitative estimate of drug-likeness (QED) is 0.752. The first-order valence-corrected chi connectivity index (χ1v) is 7.43. The first-order chi connectivity index (χ1) is 8.04. The fourth-order valence-electron chi connectivity index (χ4n) is 1.76. The van der Waals surface area contributed by atoms with Gasteiger partial charge in [0.1, 0.15) is 5.60 Å². The molecule has 1 unspecified atom stereocenters. The standard InChI is InChI=1S/C11H22N2O4S/c1-11(2,3)17-10(14)13-7-6-9(8-13)18(15,16)12(4)5/h9H,6-8H2,1-5H3. The number of carbonyl (C=O) groups is 1. The van der Waals surface area contributed by atoms with E-state index in [2.05, 4.69) is 0 Å². The summed E-state index contributed by atoms with van der Waals surface area (Å²) in [6.07, 6.45) is 0.0127. The molecule has 0 aromatic carbocycles. The molecule has 0 aliphatic carbocycles. The molecule has 1 aliphatic heterocycles. The minimum absolute atomic E-state index is 0.204. The van der Waals surface area contributed by atoms with Gasteiger partial charge in [-0.2, -0.15) is 0 Å². The van der Waals surface area contributed by atoms with Gasteiger partial charge in [-0.1, -0.05) is 0 Å². The lowest BCUT2D eigenvalue weighted by Crippen LogP contribution is -2.39. The van der Waals surface area contributed by atoms with E-state index in [-0.39, 0.29) is 6.54 Å². The van der Waals surface area contributed by atoms with Gasteiger partial charge in [0.05, 0.1) is 5.25 Å². The van der Waals surface area contributed by atoms with Crippen LogP contribution < -0.4 is 0 Å². The van der Waals surface area contributed by atoms with Crippen molar-refractivity contribution in [1.29, 1.82) is 0 Å². The van der Waals surface area contributed by atoms with Crippen molar-refractivity contribution in [1.82, 2.24) is 9.21 Å². The first-order valence-electron chi connectivity index (χ1n) is 5.93. The summed E-state index contributed by atoms with van der Waals surface area (Å²) in [5.74, 6) is 0. The highest BCUT2D eigenvalue weighted by atomic mass is 32.2. The molecule has 1 heterocycles. The van der Waals surface area contributed by atoms with Crippen LogP contribution in [0.15, 0.2) is 0 Å². The molecule has 0 aromatic heterocycles. The number of rotatable bonds is 2. The Morgan fingerprint density at radius 3 is 2.33 bits per heavy atom. The van der Waals surface area contributed by atoms with Crippen LogP contribution in [0.25, 0.3) is 0 Å². The summed E-state index contributed by atoms with van der Waals surface area (Å²) < 4.78 is 30.3. The summed E-state index contributed by atoms with van der Waals surface area (Å²) in [5, 5.41) is -0.528. The van der Waals surface area contributed by atoms with Gasteiger partial charge >= 0.3 is 6.09 Å². The Morgan fingerprint density at radius 2 is 1.89 bits per heavy atom. The first kappa shape index (κ1) is 15.2. The van der Waals surface area contributed by atoms with Crippen LogP contribution >= 0.6 is 0 Å². The van der Waals surface area contributed by atoms with Gasteiger partial charge in [0.25, 0.3) is 0 Å². The van der Waals surface area contributed by atoms with Crippen molar-refractivity contribution in [3.05, 3.63) is 0 Å². The molecule has 18 heavy (non-hydrogen) atoms. The van der Waals surface area contributed by atoms with Crippen molar-refractivity contribution < 1.29 is 17.9 Å². The zero-order chi connectivity index (χ0) is 14.1. The van der Waals surface area contributed by atoms with Crippen LogP contribution in [0.5, 0.6) is 0 Å². The van der Waals surface area contributed by atoms with E-state index >= 15 is 0 Å². The van der Waals surface area contributed by atoms with Crippen molar-refractivity contribution in [3.8, 4) is 0 Å². The van der Waals surface area contributed by atoms with Gasteiger partial charge < -0.3 is 9.64 Å². The third-order valence-electron chi connectivity index (χ3n) is 2.73. The maximum absolute atomic E-state index is 11.9. The van der Waals surface area contributed by atoms with E-state index in [1.807, 2.05) is 0 Å². The molecule has 0 spiro atoms. The number of hydrogen-bond donors (Lipinski definition) is 0. The number of sulfonamides is 1. The molecule has 0 aromatic rings. The van der Waals surface area contributed by atoms with Crippen molar-refractivity contribution >= 4 is 16.1 Å². The Bertz CT molecular complexity index is 411. The summed E-state index contributed by atoms with van der Waals surface area (Å²) in [5.41, 5.74) is -0.560. The Labute approximate surface area is 109 Å². The summed E-state index contributed by atoms with van der Waals surface area (Å²) in [4.78, 5) is 13.3. The summed E-state index contributed by atoms with van der Waals surface area (Å²) >= 11 is 0. The normalized spacial score (nSPS) is 21.4. The Morgan fingerprint density at radius 1 is 1.33 bits per heavy atom. The van der Waals surface area contributed by atoms with Crippen LogP contribution in [0, 0.1) is 0 Å². The average molecular weight is 278 g/mol. The molecular weight excluding hydrogens is 256 g/mol. The second-order valence-corrected chi connectivity index (χ2v) is 8.09. The number of nitrogens with zero attached hydrogens (tertiary/aromatic N) is 2. The highest BCUT2D eigenvalue weighted by Crippen LogP contribution is 2.21. The summed E-state index contributed by atoms with van der Waals surface area (Å²) in [7, 11) is -0.292. The van der Waals surface area contributed by atoms with Crippen molar-refractivity contribution in [3.63, 3.8) is 0 Å². The third kappa shape index (κ3) is 3.58. The minimum Gasteiger partial charge on any atom is -0.444 e. The molecule has 1 amide bonds. The highest BCUT2D eigenvalue weighted by molar-refractivity contribution is 7.89. The molecule has 1 saturated heterocycles. The molecule has 1 aliphatic rings. The van der Waals surface area contributed by atoms with Crippen LogP contribution in [-0.4, -0.2) is 61.8 Å². The SMILES string of the molecule is CN(C)S(=O)(=O)C1CCN(C(=O)OC(C)(C)C)C1. The van der Waals surface area contributed by atoms with Crippen LogP contribution in [0.4, 0.5) is 4.79 Å². The number of hydrogen-bond acceptors (Lipinski definition) is 4. The lowest BCUT2D eigenvalue weighted by molar-refractivity contribution is 0.0295. The van der Waals surface area contributed by atoms with Crippen molar-refractivity contribution in [2.75, 3.05) is 27.2 Å². The smallest absolute Gasteiger partial charge is 0.410 e. The summed E-state index contributed by atoms with van der Waals surface area (Å²) in [6, 6.07) is 0.